The molecule has 4 aromatic rings. The maximum atomic E-state index is 12.9. The van der Waals surface area contributed by atoms with Crippen LogP contribution in [0.2, 0.25) is 5.02 Å². The van der Waals surface area contributed by atoms with Crippen molar-refractivity contribution < 1.29 is 9.59 Å². The fourth-order valence-electron chi connectivity index (χ4n) is 2.93. The van der Waals surface area contributed by atoms with Crippen LogP contribution in [0.1, 0.15) is 26.3 Å². The molecule has 1 amide bonds. The van der Waals surface area contributed by atoms with Gasteiger partial charge in [-0.25, -0.2) is 4.98 Å². The van der Waals surface area contributed by atoms with Gasteiger partial charge < -0.3 is 10.7 Å². The predicted octanol–water partition coefficient (Wildman–Crippen LogP) is 4.21. The number of carbonyl (C=O) groups excluding carboxylic acids is 2. The van der Waals surface area contributed by atoms with Crippen molar-refractivity contribution in [1.82, 2.24) is 9.97 Å². The van der Waals surface area contributed by atoms with Gasteiger partial charge in [-0.1, -0.05) is 23.7 Å². The minimum atomic E-state index is -0.475. The van der Waals surface area contributed by atoms with Crippen molar-refractivity contribution in [2.75, 3.05) is 0 Å². The molecule has 0 unspecified atom stereocenters. The molecule has 4 rings (SSSR count). The normalized spacial score (nSPS) is 10.9. The van der Waals surface area contributed by atoms with Crippen molar-refractivity contribution in [3.63, 3.8) is 0 Å². The number of amides is 1. The topological polar surface area (TPSA) is 88.8 Å². The number of rotatable bonds is 4. The van der Waals surface area contributed by atoms with Crippen molar-refractivity contribution in [3.8, 4) is 11.1 Å². The van der Waals surface area contributed by atoms with E-state index in [1.165, 1.54) is 0 Å². The molecule has 0 spiro atoms. The number of nitrogens with zero attached hydrogens (tertiary/aromatic N) is 1. The number of ketones is 1. The number of carbonyl (C=O) groups is 2. The number of fused-ring (bicyclic) bond motifs is 1. The lowest BCUT2D eigenvalue weighted by atomic mass is 10.0. The van der Waals surface area contributed by atoms with E-state index in [9.17, 15) is 9.59 Å². The molecule has 0 bridgehead atoms. The van der Waals surface area contributed by atoms with Crippen LogP contribution in [-0.2, 0) is 0 Å². The first kappa shape index (κ1) is 17.0. The minimum absolute atomic E-state index is 0.110. The number of hydrogen-bond acceptors (Lipinski definition) is 3. The van der Waals surface area contributed by atoms with E-state index in [2.05, 4.69) is 9.97 Å². The standard InChI is InChI=1S/C21H14ClN3O2/c22-16-7-5-13(6-8-16)19(26)18-11-25-21-17(18)9-15(10-24-21)12-1-3-14(4-2-12)20(23)27/h1-11H,(H2,23,27)(H,24,25). The van der Waals surface area contributed by atoms with E-state index in [1.807, 2.05) is 6.07 Å². The number of nitrogens with two attached hydrogens (primary N) is 1. The number of benzene rings is 2. The van der Waals surface area contributed by atoms with Gasteiger partial charge in [-0.05, 0) is 48.0 Å². The van der Waals surface area contributed by atoms with Gasteiger partial charge in [0.1, 0.15) is 5.65 Å². The molecule has 0 fully saturated rings. The third-order valence-electron chi connectivity index (χ3n) is 4.38. The third-order valence-corrected chi connectivity index (χ3v) is 4.64. The second kappa shape index (κ2) is 6.70. The van der Waals surface area contributed by atoms with Gasteiger partial charge in [-0.2, -0.15) is 0 Å². The first-order valence-corrected chi connectivity index (χ1v) is 8.58. The van der Waals surface area contributed by atoms with Gasteiger partial charge in [0.2, 0.25) is 5.91 Å². The van der Waals surface area contributed by atoms with Crippen molar-refractivity contribution in [2.45, 2.75) is 0 Å². The van der Waals surface area contributed by atoms with Gasteiger partial charge in [-0.15, -0.1) is 0 Å². The van der Waals surface area contributed by atoms with Crippen LogP contribution in [0.25, 0.3) is 22.2 Å². The summed E-state index contributed by atoms with van der Waals surface area (Å²) in [6, 6.07) is 15.6. The second-order valence-corrected chi connectivity index (χ2v) is 6.54. The van der Waals surface area contributed by atoms with Crippen LogP contribution in [0.5, 0.6) is 0 Å². The molecule has 0 aliphatic rings. The summed E-state index contributed by atoms with van der Waals surface area (Å²) in [5, 5.41) is 1.31. The summed E-state index contributed by atoms with van der Waals surface area (Å²) in [5.74, 6) is -0.586. The number of halogens is 1. The Balaban J connectivity index is 1.76. The molecule has 0 radical (unpaired) electrons. The van der Waals surface area contributed by atoms with Crippen LogP contribution in [0.15, 0.2) is 67.0 Å². The van der Waals surface area contributed by atoms with Gasteiger partial charge in [0.15, 0.2) is 5.78 Å². The molecule has 0 atom stereocenters. The highest BCUT2D eigenvalue weighted by Gasteiger charge is 2.15. The third kappa shape index (κ3) is 3.20. The van der Waals surface area contributed by atoms with Gasteiger partial charge in [-0.3, -0.25) is 9.59 Å². The molecule has 2 aromatic heterocycles. The van der Waals surface area contributed by atoms with E-state index in [0.29, 0.717) is 27.4 Å². The molecule has 2 aromatic carbocycles. The summed E-state index contributed by atoms with van der Waals surface area (Å²) < 4.78 is 0. The van der Waals surface area contributed by atoms with E-state index in [4.69, 9.17) is 17.3 Å². The van der Waals surface area contributed by atoms with Gasteiger partial charge >= 0.3 is 0 Å². The Labute approximate surface area is 159 Å². The van der Waals surface area contributed by atoms with Crippen LogP contribution in [-0.4, -0.2) is 21.7 Å². The lowest BCUT2D eigenvalue weighted by Gasteiger charge is -2.04. The fourth-order valence-corrected chi connectivity index (χ4v) is 3.06. The lowest BCUT2D eigenvalue weighted by molar-refractivity contribution is 0.0998. The van der Waals surface area contributed by atoms with Crippen molar-refractivity contribution in [3.05, 3.63) is 88.7 Å². The highest BCUT2D eigenvalue weighted by molar-refractivity contribution is 6.30. The molecule has 0 aliphatic heterocycles. The number of pyridine rings is 1. The smallest absolute Gasteiger partial charge is 0.248 e. The Morgan fingerprint density at radius 3 is 2.26 bits per heavy atom. The quantitative estimate of drug-likeness (QED) is 0.523. The van der Waals surface area contributed by atoms with Crippen LogP contribution in [0, 0.1) is 0 Å². The summed E-state index contributed by atoms with van der Waals surface area (Å²) in [6.07, 6.45) is 3.38. The van der Waals surface area contributed by atoms with Gasteiger partial charge in [0.25, 0.3) is 0 Å². The minimum Gasteiger partial charge on any atom is -0.366 e. The number of nitrogens with one attached hydrogen (secondary N) is 1. The summed E-state index contributed by atoms with van der Waals surface area (Å²) >= 11 is 5.90. The molecular weight excluding hydrogens is 362 g/mol. The van der Waals surface area contributed by atoms with Crippen LogP contribution < -0.4 is 5.73 Å². The molecule has 6 heteroatoms. The zero-order valence-electron chi connectivity index (χ0n) is 14.1. The van der Waals surface area contributed by atoms with E-state index >= 15 is 0 Å². The van der Waals surface area contributed by atoms with Crippen molar-refractivity contribution in [1.29, 1.82) is 0 Å². The van der Waals surface area contributed by atoms with Gasteiger partial charge in [0, 0.05) is 45.1 Å². The number of aromatic amines is 1. The zero-order chi connectivity index (χ0) is 19.0. The molecule has 27 heavy (non-hydrogen) atoms. The number of H-pyrrole nitrogens is 1. The Kier molecular flexibility index (Phi) is 4.22. The van der Waals surface area contributed by atoms with Crippen LogP contribution in [0.3, 0.4) is 0 Å². The lowest BCUT2D eigenvalue weighted by Crippen LogP contribution is -2.10. The Morgan fingerprint density at radius 2 is 1.59 bits per heavy atom. The molecule has 132 valence electrons. The average Bonchev–Trinajstić information content (AvgIpc) is 3.11. The summed E-state index contributed by atoms with van der Waals surface area (Å²) in [4.78, 5) is 31.5. The average molecular weight is 376 g/mol. The molecule has 0 saturated carbocycles. The maximum Gasteiger partial charge on any atom is 0.248 e. The Bertz CT molecular complexity index is 1160. The predicted molar refractivity (Wildman–Crippen MR) is 105 cm³/mol. The molecule has 2 heterocycles. The Morgan fingerprint density at radius 1 is 0.926 bits per heavy atom. The van der Waals surface area contributed by atoms with Crippen LogP contribution >= 0.6 is 11.6 Å². The van der Waals surface area contributed by atoms with E-state index in [1.54, 1.807) is 60.9 Å². The number of aromatic nitrogens is 2. The monoisotopic (exact) mass is 375 g/mol. The largest absolute Gasteiger partial charge is 0.366 e. The number of primary amides is 1. The first-order chi connectivity index (χ1) is 13.0. The maximum absolute atomic E-state index is 12.9. The van der Waals surface area contributed by atoms with Gasteiger partial charge in [0.05, 0.1) is 0 Å². The molecular formula is C21H14ClN3O2. The number of hydrogen-bond donors (Lipinski definition) is 2. The first-order valence-electron chi connectivity index (χ1n) is 8.20. The zero-order valence-corrected chi connectivity index (χ0v) is 14.8. The molecule has 3 N–H and O–H groups in total. The van der Waals surface area contributed by atoms with Crippen LogP contribution in [0.4, 0.5) is 0 Å². The van der Waals surface area contributed by atoms with E-state index in [-0.39, 0.29) is 5.78 Å². The fraction of sp³-hybridized carbons (Fsp3) is 0. The summed E-state index contributed by atoms with van der Waals surface area (Å²) in [6.45, 7) is 0. The SMILES string of the molecule is NC(=O)c1ccc(-c2cnc3[nH]cc(C(=O)c4ccc(Cl)cc4)c3c2)cc1. The Hall–Kier alpha value is -3.44. The molecule has 5 nitrogen and oxygen atoms in total. The molecule has 0 aliphatic carbocycles. The van der Waals surface area contributed by atoms with E-state index < -0.39 is 5.91 Å². The second-order valence-electron chi connectivity index (χ2n) is 6.10. The van der Waals surface area contributed by atoms with Crippen molar-refractivity contribution in [2.24, 2.45) is 5.73 Å². The molecule has 0 saturated heterocycles. The summed E-state index contributed by atoms with van der Waals surface area (Å²) in [5.41, 5.74) is 9.15. The highest BCUT2D eigenvalue weighted by atomic mass is 35.5. The highest BCUT2D eigenvalue weighted by Crippen LogP contribution is 2.26. The van der Waals surface area contributed by atoms with E-state index in [0.717, 1.165) is 16.5 Å². The van der Waals surface area contributed by atoms with Crippen molar-refractivity contribution >= 4 is 34.3 Å². The summed E-state index contributed by atoms with van der Waals surface area (Å²) in [7, 11) is 0.